The number of carbonyl (C=O) groups is 1. The molecule has 0 spiro atoms. The Morgan fingerprint density at radius 1 is 1.32 bits per heavy atom. The summed E-state index contributed by atoms with van der Waals surface area (Å²) in [6.45, 7) is 1.46. The number of benzene rings is 2. The van der Waals surface area contributed by atoms with Crippen molar-refractivity contribution in [3.63, 3.8) is 0 Å². The highest BCUT2D eigenvalue weighted by molar-refractivity contribution is 6.30. The Balaban J connectivity index is 1.99. The van der Waals surface area contributed by atoms with E-state index in [1.807, 2.05) is 6.07 Å². The normalized spacial score (nSPS) is 11.5. The number of carbonyl (C=O) groups excluding carboxylic acids is 1. The number of ether oxygens (including phenoxy) is 2. The SMILES string of the molecule is COc1ccc(OCC(=O)NC(C)c2cccc(Cl)c2)c([N+](=O)[O-])c1. The quantitative estimate of drug-likeness (QED) is 0.599. The molecule has 0 heterocycles. The summed E-state index contributed by atoms with van der Waals surface area (Å²) in [5, 5.41) is 14.4. The molecule has 8 heteroatoms. The average molecular weight is 365 g/mol. The van der Waals surface area contributed by atoms with Gasteiger partial charge in [-0.05, 0) is 36.8 Å². The van der Waals surface area contributed by atoms with Gasteiger partial charge in [0.1, 0.15) is 5.75 Å². The third-order valence-corrected chi connectivity index (χ3v) is 3.68. The minimum absolute atomic E-state index is 0.00337. The van der Waals surface area contributed by atoms with Crippen LogP contribution in [-0.4, -0.2) is 24.5 Å². The largest absolute Gasteiger partial charge is 0.496 e. The van der Waals surface area contributed by atoms with E-state index < -0.39 is 10.8 Å². The molecule has 0 saturated carbocycles. The number of nitrogens with zero attached hydrogens (tertiary/aromatic N) is 1. The molecule has 0 fully saturated rings. The van der Waals surface area contributed by atoms with E-state index >= 15 is 0 Å². The summed E-state index contributed by atoms with van der Waals surface area (Å²) in [6, 6.07) is 11.0. The van der Waals surface area contributed by atoms with Crippen LogP contribution in [0.1, 0.15) is 18.5 Å². The monoisotopic (exact) mass is 364 g/mol. The summed E-state index contributed by atoms with van der Waals surface area (Å²) >= 11 is 5.93. The lowest BCUT2D eigenvalue weighted by Gasteiger charge is -2.15. The Bertz CT molecular complexity index is 781. The van der Waals surface area contributed by atoms with E-state index in [1.165, 1.54) is 25.3 Å². The molecule has 1 N–H and O–H groups in total. The second kappa shape index (κ2) is 8.34. The van der Waals surface area contributed by atoms with Crippen LogP contribution in [0, 0.1) is 10.1 Å². The second-order valence-electron chi connectivity index (χ2n) is 5.22. The maximum atomic E-state index is 12.0. The Hall–Kier alpha value is -2.80. The van der Waals surface area contributed by atoms with Gasteiger partial charge in [0.15, 0.2) is 12.4 Å². The van der Waals surface area contributed by atoms with Gasteiger partial charge in [-0.2, -0.15) is 0 Å². The number of amides is 1. The molecule has 0 aliphatic carbocycles. The van der Waals surface area contributed by atoms with Crippen LogP contribution in [0.4, 0.5) is 5.69 Å². The van der Waals surface area contributed by atoms with E-state index in [0.717, 1.165) is 5.56 Å². The molecule has 1 unspecified atom stereocenters. The highest BCUT2D eigenvalue weighted by Gasteiger charge is 2.18. The molecule has 2 rings (SSSR count). The van der Waals surface area contributed by atoms with E-state index in [2.05, 4.69) is 5.32 Å². The van der Waals surface area contributed by atoms with Gasteiger partial charge in [0.25, 0.3) is 5.91 Å². The number of hydrogen-bond donors (Lipinski definition) is 1. The topological polar surface area (TPSA) is 90.7 Å². The zero-order valence-corrected chi connectivity index (χ0v) is 14.4. The number of nitro groups is 1. The predicted octanol–water partition coefficient (Wildman–Crippen LogP) is 3.51. The van der Waals surface area contributed by atoms with Gasteiger partial charge in [-0.25, -0.2) is 0 Å². The number of nitro benzene ring substituents is 1. The van der Waals surface area contributed by atoms with Crippen LogP contribution >= 0.6 is 11.6 Å². The minimum atomic E-state index is -0.593. The molecule has 1 amide bonds. The minimum Gasteiger partial charge on any atom is -0.496 e. The number of nitrogens with one attached hydrogen (secondary N) is 1. The highest BCUT2D eigenvalue weighted by atomic mass is 35.5. The van der Waals surface area contributed by atoms with Gasteiger partial charge in [0.05, 0.1) is 24.1 Å². The van der Waals surface area contributed by atoms with Crippen molar-refractivity contribution in [3.8, 4) is 11.5 Å². The van der Waals surface area contributed by atoms with Crippen molar-refractivity contribution < 1.29 is 19.2 Å². The van der Waals surface area contributed by atoms with Gasteiger partial charge >= 0.3 is 5.69 Å². The van der Waals surface area contributed by atoms with Crippen LogP contribution in [0.2, 0.25) is 5.02 Å². The van der Waals surface area contributed by atoms with Gasteiger partial charge in [-0.15, -0.1) is 0 Å². The maximum absolute atomic E-state index is 12.0. The number of halogens is 1. The van der Waals surface area contributed by atoms with Gasteiger partial charge < -0.3 is 14.8 Å². The van der Waals surface area contributed by atoms with E-state index in [-0.39, 0.29) is 24.1 Å². The summed E-state index contributed by atoms with van der Waals surface area (Å²) < 4.78 is 10.2. The van der Waals surface area contributed by atoms with Crippen molar-refractivity contribution in [2.24, 2.45) is 0 Å². The molecule has 0 radical (unpaired) electrons. The van der Waals surface area contributed by atoms with Gasteiger partial charge in [0, 0.05) is 5.02 Å². The van der Waals surface area contributed by atoms with Crippen molar-refractivity contribution in [1.29, 1.82) is 0 Å². The lowest BCUT2D eigenvalue weighted by molar-refractivity contribution is -0.385. The third kappa shape index (κ3) is 5.09. The molecule has 1 atom stereocenters. The van der Waals surface area contributed by atoms with Crippen molar-refractivity contribution in [3.05, 3.63) is 63.2 Å². The first kappa shape index (κ1) is 18.5. The Kier molecular flexibility index (Phi) is 6.19. The number of rotatable bonds is 7. The zero-order valence-electron chi connectivity index (χ0n) is 13.7. The molecule has 0 aliphatic rings. The van der Waals surface area contributed by atoms with Gasteiger partial charge in [0.2, 0.25) is 0 Å². The van der Waals surface area contributed by atoms with E-state index in [4.69, 9.17) is 21.1 Å². The Morgan fingerprint density at radius 3 is 2.72 bits per heavy atom. The van der Waals surface area contributed by atoms with Crippen LogP contribution < -0.4 is 14.8 Å². The summed E-state index contributed by atoms with van der Waals surface area (Å²) in [5.74, 6) is -0.0768. The van der Waals surface area contributed by atoms with Crippen molar-refractivity contribution in [2.75, 3.05) is 13.7 Å². The van der Waals surface area contributed by atoms with Crippen molar-refractivity contribution in [2.45, 2.75) is 13.0 Å². The van der Waals surface area contributed by atoms with Gasteiger partial charge in [-0.1, -0.05) is 23.7 Å². The number of methoxy groups -OCH3 is 1. The van der Waals surface area contributed by atoms with E-state index in [0.29, 0.717) is 10.8 Å². The summed E-state index contributed by atoms with van der Waals surface area (Å²) in [5.41, 5.74) is 0.575. The zero-order chi connectivity index (χ0) is 18.4. The smallest absolute Gasteiger partial charge is 0.314 e. The highest BCUT2D eigenvalue weighted by Crippen LogP contribution is 2.30. The molecular weight excluding hydrogens is 348 g/mol. The van der Waals surface area contributed by atoms with Crippen LogP contribution in [0.5, 0.6) is 11.5 Å². The van der Waals surface area contributed by atoms with Crippen molar-refractivity contribution >= 4 is 23.2 Å². The third-order valence-electron chi connectivity index (χ3n) is 3.45. The van der Waals surface area contributed by atoms with Crippen LogP contribution in [0.3, 0.4) is 0 Å². The lowest BCUT2D eigenvalue weighted by atomic mass is 10.1. The summed E-state index contributed by atoms with van der Waals surface area (Å²) in [6.07, 6.45) is 0. The molecular formula is C17H17ClN2O5. The Labute approximate surface area is 149 Å². The molecule has 25 heavy (non-hydrogen) atoms. The average Bonchev–Trinajstić information content (AvgIpc) is 2.59. The molecule has 0 saturated heterocycles. The lowest BCUT2D eigenvalue weighted by Crippen LogP contribution is -2.31. The van der Waals surface area contributed by atoms with Crippen molar-refractivity contribution in [1.82, 2.24) is 5.32 Å². The van der Waals surface area contributed by atoms with E-state index in [9.17, 15) is 14.9 Å². The maximum Gasteiger partial charge on any atom is 0.314 e. The predicted molar refractivity (Wildman–Crippen MR) is 93.2 cm³/mol. The fraction of sp³-hybridized carbons (Fsp3) is 0.235. The van der Waals surface area contributed by atoms with Crippen LogP contribution in [0.15, 0.2) is 42.5 Å². The summed E-state index contributed by atoms with van der Waals surface area (Å²) in [4.78, 5) is 22.5. The molecule has 7 nitrogen and oxygen atoms in total. The first-order chi connectivity index (χ1) is 11.9. The fourth-order valence-electron chi connectivity index (χ4n) is 2.17. The Morgan fingerprint density at radius 2 is 2.08 bits per heavy atom. The van der Waals surface area contributed by atoms with Gasteiger partial charge in [-0.3, -0.25) is 14.9 Å². The first-order valence-corrected chi connectivity index (χ1v) is 7.78. The number of hydrogen-bond acceptors (Lipinski definition) is 5. The fourth-order valence-corrected chi connectivity index (χ4v) is 2.37. The second-order valence-corrected chi connectivity index (χ2v) is 5.66. The molecule has 132 valence electrons. The molecule has 0 aliphatic heterocycles. The first-order valence-electron chi connectivity index (χ1n) is 7.40. The van der Waals surface area contributed by atoms with Crippen LogP contribution in [-0.2, 0) is 4.79 Å². The molecule has 2 aromatic rings. The van der Waals surface area contributed by atoms with E-state index in [1.54, 1.807) is 25.1 Å². The molecule has 0 bridgehead atoms. The standard InChI is InChI=1S/C17H17ClN2O5/c1-11(12-4-3-5-13(18)8-12)19-17(21)10-25-16-7-6-14(24-2)9-15(16)20(22)23/h3-9,11H,10H2,1-2H3,(H,19,21). The summed E-state index contributed by atoms with van der Waals surface area (Å²) in [7, 11) is 1.41. The molecule has 2 aromatic carbocycles. The van der Waals surface area contributed by atoms with Crippen LogP contribution in [0.25, 0.3) is 0 Å². The molecule has 0 aromatic heterocycles.